The van der Waals surface area contributed by atoms with Crippen molar-refractivity contribution in [3.05, 3.63) is 58.6 Å². The Hall–Kier alpha value is -2.51. The number of carbonyl (C=O) groups excluding carboxylic acids is 3. The first-order chi connectivity index (χ1) is 12.4. The van der Waals surface area contributed by atoms with Crippen LogP contribution in [0.15, 0.2) is 47.4 Å². The van der Waals surface area contributed by atoms with Gasteiger partial charge in [-0.3, -0.25) is 9.59 Å². The molecule has 0 spiro atoms. The Bertz CT molecular complexity index is 824. The Balaban J connectivity index is 1.92. The van der Waals surface area contributed by atoms with E-state index < -0.39 is 18.5 Å². The predicted octanol–water partition coefficient (Wildman–Crippen LogP) is 3.22. The van der Waals surface area contributed by atoms with Gasteiger partial charge in [0, 0.05) is 23.2 Å². The summed E-state index contributed by atoms with van der Waals surface area (Å²) in [6.45, 7) is -0.449. The number of thioether (sulfide) groups is 1. The van der Waals surface area contributed by atoms with Gasteiger partial charge in [0.15, 0.2) is 6.61 Å². The molecule has 0 bridgehead atoms. The number of halogens is 1. The lowest BCUT2D eigenvalue weighted by Crippen LogP contribution is -2.21. The summed E-state index contributed by atoms with van der Waals surface area (Å²) in [4.78, 5) is 36.4. The van der Waals surface area contributed by atoms with Gasteiger partial charge >= 0.3 is 5.97 Å². The van der Waals surface area contributed by atoms with Crippen LogP contribution in [0.5, 0.6) is 0 Å². The molecule has 0 radical (unpaired) electrons. The van der Waals surface area contributed by atoms with Crippen molar-refractivity contribution < 1.29 is 19.1 Å². The van der Waals surface area contributed by atoms with E-state index in [2.05, 4.69) is 10.6 Å². The number of hydrogen-bond donors (Lipinski definition) is 2. The molecule has 136 valence electrons. The van der Waals surface area contributed by atoms with Gasteiger partial charge in [-0.15, -0.1) is 11.8 Å². The highest BCUT2D eigenvalue weighted by molar-refractivity contribution is 7.98. The van der Waals surface area contributed by atoms with Gasteiger partial charge in [-0.2, -0.15) is 0 Å². The van der Waals surface area contributed by atoms with Gasteiger partial charge in [0.25, 0.3) is 11.8 Å². The van der Waals surface area contributed by atoms with E-state index in [1.165, 1.54) is 18.8 Å². The van der Waals surface area contributed by atoms with E-state index in [0.717, 1.165) is 4.90 Å². The van der Waals surface area contributed by atoms with Crippen molar-refractivity contribution in [1.29, 1.82) is 0 Å². The van der Waals surface area contributed by atoms with Gasteiger partial charge in [-0.1, -0.05) is 11.6 Å². The maximum Gasteiger partial charge on any atom is 0.340 e. The fourth-order valence-electron chi connectivity index (χ4n) is 2.04. The molecule has 0 heterocycles. The molecule has 0 aliphatic carbocycles. The molecule has 8 heteroatoms. The van der Waals surface area contributed by atoms with Gasteiger partial charge in [-0.05, 0) is 48.7 Å². The third-order valence-corrected chi connectivity index (χ3v) is 4.44. The number of nitrogens with one attached hydrogen (secondary N) is 2. The van der Waals surface area contributed by atoms with E-state index in [1.54, 1.807) is 42.5 Å². The topological polar surface area (TPSA) is 84.5 Å². The minimum absolute atomic E-state index is 0.209. The molecule has 6 nitrogen and oxygen atoms in total. The molecule has 0 aromatic heterocycles. The fraction of sp³-hybridized carbons (Fsp3) is 0.167. The van der Waals surface area contributed by atoms with E-state index in [0.29, 0.717) is 11.3 Å². The van der Waals surface area contributed by atoms with Crippen LogP contribution < -0.4 is 10.6 Å². The summed E-state index contributed by atoms with van der Waals surface area (Å²) in [5, 5.41) is 5.35. The zero-order valence-corrected chi connectivity index (χ0v) is 15.7. The lowest BCUT2D eigenvalue weighted by Gasteiger charge is -2.09. The average molecular weight is 393 g/mol. The number of hydrogen-bond acceptors (Lipinski definition) is 5. The third kappa shape index (κ3) is 5.24. The van der Waals surface area contributed by atoms with Crippen molar-refractivity contribution >= 4 is 46.8 Å². The van der Waals surface area contributed by atoms with Crippen LogP contribution in [0.2, 0.25) is 5.02 Å². The molecule has 0 aliphatic rings. The largest absolute Gasteiger partial charge is 0.452 e. The van der Waals surface area contributed by atoms with Crippen LogP contribution in [0.1, 0.15) is 20.7 Å². The summed E-state index contributed by atoms with van der Waals surface area (Å²) in [5.74, 6) is -1.39. The summed E-state index contributed by atoms with van der Waals surface area (Å²) in [6, 6.07) is 11.3. The number of ether oxygens (including phenoxy) is 1. The summed E-state index contributed by atoms with van der Waals surface area (Å²) < 4.78 is 5.01. The second-order valence-electron chi connectivity index (χ2n) is 5.13. The lowest BCUT2D eigenvalue weighted by molar-refractivity contribution is -0.119. The second kappa shape index (κ2) is 9.26. The minimum atomic E-state index is -0.670. The Morgan fingerprint density at radius 3 is 2.42 bits per heavy atom. The van der Waals surface area contributed by atoms with Crippen molar-refractivity contribution in [3.63, 3.8) is 0 Å². The van der Waals surface area contributed by atoms with Crippen LogP contribution in [0.4, 0.5) is 5.69 Å². The SMILES string of the molecule is CNC(=O)c1ccc(NC(=O)COC(=O)c2cc(SC)ccc2Cl)cc1. The third-order valence-electron chi connectivity index (χ3n) is 3.39. The molecule has 2 amide bonds. The highest BCUT2D eigenvalue weighted by atomic mass is 35.5. The minimum Gasteiger partial charge on any atom is -0.452 e. The number of amides is 2. The van der Waals surface area contributed by atoms with Gasteiger partial charge < -0.3 is 15.4 Å². The first kappa shape index (κ1) is 19.8. The quantitative estimate of drug-likeness (QED) is 0.582. The maximum atomic E-state index is 12.1. The Kier molecular flexibility index (Phi) is 7.06. The average Bonchev–Trinajstić information content (AvgIpc) is 2.66. The number of benzene rings is 2. The fourth-order valence-corrected chi connectivity index (χ4v) is 2.68. The number of rotatable bonds is 6. The summed E-state index contributed by atoms with van der Waals surface area (Å²) >= 11 is 7.47. The van der Waals surface area contributed by atoms with Crippen LogP contribution in [-0.2, 0) is 9.53 Å². The first-order valence-electron chi connectivity index (χ1n) is 7.57. The van der Waals surface area contributed by atoms with Crippen molar-refractivity contribution in [3.8, 4) is 0 Å². The molecule has 0 unspecified atom stereocenters. The summed E-state index contributed by atoms with van der Waals surface area (Å²) in [5.41, 5.74) is 1.17. The highest BCUT2D eigenvalue weighted by Crippen LogP contribution is 2.23. The van der Waals surface area contributed by atoms with E-state index in [9.17, 15) is 14.4 Å². The van der Waals surface area contributed by atoms with Crippen molar-refractivity contribution in [1.82, 2.24) is 5.32 Å². The van der Waals surface area contributed by atoms with Gasteiger partial charge in [0.1, 0.15) is 0 Å². The second-order valence-corrected chi connectivity index (χ2v) is 6.41. The maximum absolute atomic E-state index is 12.1. The number of esters is 1. The van der Waals surface area contributed by atoms with Gasteiger partial charge in [0.05, 0.1) is 10.6 Å². The molecule has 26 heavy (non-hydrogen) atoms. The predicted molar refractivity (Wildman–Crippen MR) is 102 cm³/mol. The molecule has 0 aliphatic heterocycles. The standard InChI is InChI=1S/C18H17ClN2O4S/c1-20-17(23)11-3-5-12(6-4-11)21-16(22)10-25-18(24)14-9-13(26-2)7-8-15(14)19/h3-9H,10H2,1-2H3,(H,20,23)(H,21,22). The molecule has 2 aromatic rings. The van der Waals surface area contributed by atoms with E-state index in [-0.39, 0.29) is 16.5 Å². The van der Waals surface area contributed by atoms with Crippen LogP contribution in [0, 0.1) is 0 Å². The molecule has 0 saturated heterocycles. The zero-order chi connectivity index (χ0) is 19.1. The Labute approximate surface area is 160 Å². The van der Waals surface area contributed by atoms with E-state index in [1.807, 2.05) is 6.26 Å². The van der Waals surface area contributed by atoms with Crippen molar-refractivity contribution in [2.45, 2.75) is 4.90 Å². The van der Waals surface area contributed by atoms with Gasteiger partial charge in [-0.25, -0.2) is 4.79 Å². The van der Waals surface area contributed by atoms with Crippen LogP contribution in [0.3, 0.4) is 0 Å². The molecular formula is C18H17ClN2O4S. The molecule has 0 fully saturated rings. The summed E-state index contributed by atoms with van der Waals surface area (Å²) in [7, 11) is 1.54. The number of carbonyl (C=O) groups is 3. The molecule has 2 rings (SSSR count). The Morgan fingerprint density at radius 1 is 1.12 bits per heavy atom. The zero-order valence-electron chi connectivity index (χ0n) is 14.2. The molecular weight excluding hydrogens is 376 g/mol. The van der Waals surface area contributed by atoms with Crippen LogP contribution in [-0.4, -0.2) is 37.7 Å². The Morgan fingerprint density at radius 2 is 1.81 bits per heavy atom. The van der Waals surface area contributed by atoms with E-state index >= 15 is 0 Å². The molecule has 2 N–H and O–H groups in total. The monoisotopic (exact) mass is 392 g/mol. The van der Waals surface area contributed by atoms with E-state index in [4.69, 9.17) is 16.3 Å². The smallest absolute Gasteiger partial charge is 0.340 e. The number of anilines is 1. The van der Waals surface area contributed by atoms with Crippen molar-refractivity contribution in [2.24, 2.45) is 0 Å². The van der Waals surface area contributed by atoms with Crippen LogP contribution >= 0.6 is 23.4 Å². The molecule has 0 atom stereocenters. The van der Waals surface area contributed by atoms with Gasteiger partial charge in [0.2, 0.25) is 0 Å². The molecule has 2 aromatic carbocycles. The van der Waals surface area contributed by atoms with Crippen LogP contribution in [0.25, 0.3) is 0 Å². The summed E-state index contributed by atoms with van der Waals surface area (Å²) in [6.07, 6.45) is 1.88. The first-order valence-corrected chi connectivity index (χ1v) is 9.17. The normalized spacial score (nSPS) is 10.1. The van der Waals surface area contributed by atoms with Crippen molar-refractivity contribution in [2.75, 3.05) is 25.2 Å². The highest BCUT2D eigenvalue weighted by Gasteiger charge is 2.15. The lowest BCUT2D eigenvalue weighted by atomic mass is 10.2. The molecule has 0 saturated carbocycles.